The Hall–Kier alpha value is -1.25. The van der Waals surface area contributed by atoms with Gasteiger partial charge in [-0.25, -0.2) is 4.98 Å². The molecule has 0 saturated heterocycles. The molecule has 1 aromatic heterocycles. The molecule has 16 heavy (non-hydrogen) atoms. The second-order valence-electron chi connectivity index (χ2n) is 3.51. The Kier molecular flexibility index (Phi) is 3.32. The van der Waals surface area contributed by atoms with Crippen molar-refractivity contribution in [2.45, 2.75) is 6.42 Å². The van der Waals surface area contributed by atoms with E-state index in [0.717, 1.165) is 17.5 Å². The molecular formula is C12H10Cl2N2. The minimum absolute atomic E-state index is 0.526. The van der Waals surface area contributed by atoms with Crippen molar-refractivity contribution in [3.8, 4) is 0 Å². The van der Waals surface area contributed by atoms with Gasteiger partial charge in [0.2, 0.25) is 0 Å². The fraction of sp³-hybridized carbons (Fsp3) is 0.0833. The first kappa shape index (κ1) is 11.2. The summed E-state index contributed by atoms with van der Waals surface area (Å²) in [5.41, 5.74) is 7.81. The average molecular weight is 253 g/mol. The van der Waals surface area contributed by atoms with Crippen LogP contribution < -0.4 is 5.73 Å². The summed E-state index contributed by atoms with van der Waals surface area (Å²) < 4.78 is 0. The molecule has 1 heterocycles. The highest BCUT2D eigenvalue weighted by molar-refractivity contribution is 6.42. The van der Waals surface area contributed by atoms with Crippen LogP contribution in [0.25, 0.3) is 0 Å². The lowest BCUT2D eigenvalue weighted by Gasteiger charge is -2.04. The molecule has 0 amide bonds. The van der Waals surface area contributed by atoms with Crippen LogP contribution in [-0.2, 0) is 6.42 Å². The molecule has 0 bridgehead atoms. The highest BCUT2D eigenvalue weighted by atomic mass is 35.5. The third kappa shape index (κ3) is 2.65. The normalized spacial score (nSPS) is 10.4. The molecule has 0 fully saturated rings. The second kappa shape index (κ2) is 4.73. The van der Waals surface area contributed by atoms with Gasteiger partial charge in [0.1, 0.15) is 5.82 Å². The SMILES string of the molecule is Nc1cc(Cc2ccc(Cl)c(Cl)c2)ccn1. The lowest BCUT2D eigenvalue weighted by atomic mass is 10.1. The number of halogens is 2. The molecule has 2 rings (SSSR count). The Bertz CT molecular complexity index is 512. The average Bonchev–Trinajstić information content (AvgIpc) is 2.24. The van der Waals surface area contributed by atoms with Crippen molar-refractivity contribution in [1.82, 2.24) is 4.98 Å². The number of benzene rings is 1. The molecule has 0 spiro atoms. The third-order valence-electron chi connectivity index (χ3n) is 2.24. The first-order valence-corrected chi connectivity index (χ1v) is 5.55. The number of anilines is 1. The molecule has 0 saturated carbocycles. The van der Waals surface area contributed by atoms with Crippen LogP contribution in [0.3, 0.4) is 0 Å². The van der Waals surface area contributed by atoms with Gasteiger partial charge in [0.05, 0.1) is 10.0 Å². The summed E-state index contributed by atoms with van der Waals surface area (Å²) in [5, 5.41) is 1.14. The fourth-order valence-corrected chi connectivity index (χ4v) is 1.81. The lowest BCUT2D eigenvalue weighted by molar-refractivity contribution is 1.17. The zero-order valence-corrected chi connectivity index (χ0v) is 9.96. The number of nitrogen functional groups attached to an aromatic ring is 1. The van der Waals surface area contributed by atoms with E-state index in [9.17, 15) is 0 Å². The van der Waals surface area contributed by atoms with Crippen LogP contribution in [0.2, 0.25) is 10.0 Å². The van der Waals surface area contributed by atoms with Crippen molar-refractivity contribution in [1.29, 1.82) is 0 Å². The Morgan fingerprint density at radius 3 is 2.44 bits per heavy atom. The van der Waals surface area contributed by atoms with Gasteiger partial charge >= 0.3 is 0 Å². The molecule has 0 atom stereocenters. The van der Waals surface area contributed by atoms with Gasteiger partial charge in [-0.05, 0) is 41.8 Å². The highest BCUT2D eigenvalue weighted by Gasteiger charge is 2.01. The number of hydrogen-bond acceptors (Lipinski definition) is 2. The Balaban J connectivity index is 2.24. The van der Waals surface area contributed by atoms with Gasteiger partial charge in [-0.2, -0.15) is 0 Å². The maximum absolute atomic E-state index is 5.94. The van der Waals surface area contributed by atoms with Crippen LogP contribution in [0, 0.1) is 0 Å². The number of nitrogens with zero attached hydrogens (tertiary/aromatic N) is 1. The minimum Gasteiger partial charge on any atom is -0.384 e. The first-order chi connectivity index (χ1) is 7.65. The smallest absolute Gasteiger partial charge is 0.123 e. The zero-order valence-electron chi connectivity index (χ0n) is 8.45. The van der Waals surface area contributed by atoms with E-state index < -0.39 is 0 Å². The molecule has 0 unspecified atom stereocenters. The number of pyridine rings is 1. The molecule has 2 nitrogen and oxygen atoms in total. The van der Waals surface area contributed by atoms with Gasteiger partial charge in [-0.1, -0.05) is 29.3 Å². The van der Waals surface area contributed by atoms with Crippen LogP contribution in [0.5, 0.6) is 0 Å². The summed E-state index contributed by atoms with van der Waals surface area (Å²) in [6.07, 6.45) is 2.46. The van der Waals surface area contributed by atoms with E-state index in [-0.39, 0.29) is 0 Å². The fourth-order valence-electron chi connectivity index (χ4n) is 1.49. The van der Waals surface area contributed by atoms with Crippen molar-refractivity contribution in [3.63, 3.8) is 0 Å². The zero-order chi connectivity index (χ0) is 11.5. The van der Waals surface area contributed by atoms with Crippen molar-refractivity contribution >= 4 is 29.0 Å². The highest BCUT2D eigenvalue weighted by Crippen LogP contribution is 2.23. The van der Waals surface area contributed by atoms with E-state index in [2.05, 4.69) is 4.98 Å². The number of hydrogen-bond donors (Lipinski definition) is 1. The predicted octanol–water partition coefficient (Wildman–Crippen LogP) is 3.56. The maximum Gasteiger partial charge on any atom is 0.123 e. The van der Waals surface area contributed by atoms with Gasteiger partial charge in [0.25, 0.3) is 0 Å². The summed E-state index contributed by atoms with van der Waals surface area (Å²) in [5.74, 6) is 0.526. The van der Waals surface area contributed by atoms with E-state index in [0.29, 0.717) is 15.9 Å². The van der Waals surface area contributed by atoms with E-state index in [1.807, 2.05) is 24.3 Å². The molecule has 4 heteroatoms. The Labute approximate surface area is 104 Å². The molecule has 0 aliphatic rings. The largest absolute Gasteiger partial charge is 0.384 e. The van der Waals surface area contributed by atoms with Gasteiger partial charge in [0.15, 0.2) is 0 Å². The van der Waals surface area contributed by atoms with Gasteiger partial charge in [-0.3, -0.25) is 0 Å². The van der Waals surface area contributed by atoms with E-state index >= 15 is 0 Å². The monoisotopic (exact) mass is 252 g/mol. The van der Waals surface area contributed by atoms with Gasteiger partial charge < -0.3 is 5.73 Å². The van der Waals surface area contributed by atoms with Crippen LogP contribution in [-0.4, -0.2) is 4.98 Å². The summed E-state index contributed by atoms with van der Waals surface area (Å²) in [6.45, 7) is 0. The molecule has 0 aliphatic heterocycles. The third-order valence-corrected chi connectivity index (χ3v) is 2.98. The molecule has 2 N–H and O–H groups in total. The van der Waals surface area contributed by atoms with Gasteiger partial charge in [-0.15, -0.1) is 0 Å². The minimum atomic E-state index is 0.526. The van der Waals surface area contributed by atoms with Crippen LogP contribution in [0.4, 0.5) is 5.82 Å². The topological polar surface area (TPSA) is 38.9 Å². The van der Waals surface area contributed by atoms with E-state index in [1.54, 1.807) is 12.3 Å². The summed E-state index contributed by atoms with van der Waals surface area (Å²) >= 11 is 11.8. The number of rotatable bonds is 2. The standard InChI is InChI=1S/C12H10Cl2N2/c13-10-2-1-8(6-11(10)14)5-9-3-4-16-12(15)7-9/h1-4,6-7H,5H2,(H2,15,16). The Morgan fingerprint density at radius 2 is 1.75 bits per heavy atom. The molecule has 82 valence electrons. The van der Waals surface area contributed by atoms with Gasteiger partial charge in [0, 0.05) is 6.20 Å². The first-order valence-electron chi connectivity index (χ1n) is 4.79. The van der Waals surface area contributed by atoms with Crippen molar-refractivity contribution in [3.05, 3.63) is 57.7 Å². The lowest BCUT2D eigenvalue weighted by Crippen LogP contribution is -1.93. The van der Waals surface area contributed by atoms with E-state index in [1.165, 1.54) is 0 Å². The Morgan fingerprint density at radius 1 is 1.00 bits per heavy atom. The summed E-state index contributed by atoms with van der Waals surface area (Å²) in [7, 11) is 0. The molecule has 0 aliphatic carbocycles. The molecule has 0 radical (unpaired) electrons. The van der Waals surface area contributed by atoms with Crippen LogP contribution in [0.1, 0.15) is 11.1 Å². The van der Waals surface area contributed by atoms with Crippen LogP contribution in [0.15, 0.2) is 36.5 Å². The van der Waals surface area contributed by atoms with Crippen molar-refractivity contribution < 1.29 is 0 Å². The molecular weight excluding hydrogens is 243 g/mol. The van der Waals surface area contributed by atoms with Crippen molar-refractivity contribution in [2.75, 3.05) is 5.73 Å². The van der Waals surface area contributed by atoms with Crippen molar-refractivity contribution in [2.24, 2.45) is 0 Å². The molecule has 1 aromatic carbocycles. The van der Waals surface area contributed by atoms with E-state index in [4.69, 9.17) is 28.9 Å². The number of aromatic nitrogens is 1. The summed E-state index contributed by atoms with van der Waals surface area (Å²) in [4.78, 5) is 3.94. The maximum atomic E-state index is 5.94. The quantitative estimate of drug-likeness (QED) is 0.888. The molecule has 2 aromatic rings. The van der Waals surface area contributed by atoms with Crippen LogP contribution >= 0.6 is 23.2 Å². The number of nitrogens with two attached hydrogens (primary N) is 1. The summed E-state index contributed by atoms with van der Waals surface area (Å²) in [6, 6.07) is 9.39. The second-order valence-corrected chi connectivity index (χ2v) is 4.33. The predicted molar refractivity (Wildman–Crippen MR) is 67.9 cm³/mol.